The summed E-state index contributed by atoms with van der Waals surface area (Å²) in [6.45, 7) is -0.621. The molecular weight excluding hydrogens is 257 g/mol. The Morgan fingerprint density at radius 3 is 3.05 bits per heavy atom. The Labute approximate surface area is 107 Å². The molecule has 0 aliphatic heterocycles. The fourth-order valence-electron chi connectivity index (χ4n) is 1.67. The summed E-state index contributed by atoms with van der Waals surface area (Å²) < 4.78 is 19.8. The molecule has 104 valence electrons. The molecule has 2 aromatic rings. The minimum Gasteiger partial charge on any atom is -0.390 e. The average Bonchev–Trinajstić information content (AvgIpc) is 2.79. The van der Waals surface area contributed by atoms with E-state index in [1.165, 1.54) is 18.0 Å². The zero-order valence-corrected chi connectivity index (χ0v) is 10.3. The summed E-state index contributed by atoms with van der Waals surface area (Å²) in [5.41, 5.74) is 5.37. The third-order valence-corrected chi connectivity index (χ3v) is 2.82. The molecule has 1 atom stereocenters. The molecule has 0 unspecified atom stereocenters. The van der Waals surface area contributed by atoms with Crippen molar-refractivity contribution in [2.45, 2.75) is 18.8 Å². The van der Waals surface area contributed by atoms with Crippen LogP contribution in [0.4, 0.5) is 10.3 Å². The van der Waals surface area contributed by atoms with Crippen molar-refractivity contribution in [3.8, 4) is 0 Å². The number of alkyl halides is 1. The third-order valence-electron chi connectivity index (χ3n) is 2.82. The first-order chi connectivity index (χ1) is 8.99. The van der Waals surface area contributed by atoms with Crippen LogP contribution in [0.2, 0.25) is 0 Å². The second-order valence-electron chi connectivity index (χ2n) is 4.06. The van der Waals surface area contributed by atoms with Gasteiger partial charge in [-0.1, -0.05) is 0 Å². The first-order valence-electron chi connectivity index (χ1n) is 5.54. The van der Waals surface area contributed by atoms with Gasteiger partial charge in [0.25, 0.3) is 5.56 Å². The van der Waals surface area contributed by atoms with Gasteiger partial charge in [0, 0.05) is 20.1 Å². The Morgan fingerprint density at radius 2 is 2.42 bits per heavy atom. The van der Waals surface area contributed by atoms with Crippen molar-refractivity contribution in [1.82, 2.24) is 19.5 Å². The van der Waals surface area contributed by atoms with Gasteiger partial charge in [0.15, 0.2) is 11.2 Å². The molecule has 0 spiro atoms. The minimum absolute atomic E-state index is 0.0420. The fraction of sp³-hybridized carbons (Fsp3) is 0.500. The van der Waals surface area contributed by atoms with Crippen molar-refractivity contribution in [2.24, 2.45) is 0 Å². The van der Waals surface area contributed by atoms with E-state index in [1.54, 1.807) is 0 Å². The number of nitrogens with one attached hydrogen (secondary N) is 1. The van der Waals surface area contributed by atoms with Crippen molar-refractivity contribution in [1.29, 1.82) is 0 Å². The molecule has 8 nitrogen and oxygen atoms in total. The second kappa shape index (κ2) is 4.94. The van der Waals surface area contributed by atoms with Crippen LogP contribution < -0.4 is 11.3 Å². The number of aliphatic hydroxyl groups excluding tert-OH is 1. The quantitative estimate of drug-likeness (QED) is 0.668. The molecular formula is C10H14FN5O3. The van der Waals surface area contributed by atoms with Crippen molar-refractivity contribution in [3.63, 3.8) is 0 Å². The number of nitrogens with two attached hydrogens (primary N) is 1. The Bertz CT molecular complexity index is 634. The second-order valence-corrected chi connectivity index (χ2v) is 4.06. The molecule has 0 saturated heterocycles. The molecule has 19 heavy (non-hydrogen) atoms. The van der Waals surface area contributed by atoms with Crippen LogP contribution in [-0.4, -0.2) is 44.2 Å². The van der Waals surface area contributed by atoms with Crippen LogP contribution in [0.25, 0.3) is 11.2 Å². The number of fused-ring (bicyclic) bond motifs is 1. The van der Waals surface area contributed by atoms with Gasteiger partial charge in [-0.15, -0.1) is 0 Å². The van der Waals surface area contributed by atoms with Gasteiger partial charge >= 0.3 is 0 Å². The van der Waals surface area contributed by atoms with E-state index in [0.717, 1.165) is 0 Å². The number of halogens is 1. The first kappa shape index (κ1) is 13.4. The van der Waals surface area contributed by atoms with E-state index >= 15 is 0 Å². The molecule has 0 fully saturated rings. The van der Waals surface area contributed by atoms with Crippen LogP contribution in [0.5, 0.6) is 0 Å². The maximum Gasteiger partial charge on any atom is 0.280 e. The van der Waals surface area contributed by atoms with E-state index in [9.17, 15) is 9.18 Å². The lowest BCUT2D eigenvalue weighted by Crippen LogP contribution is -2.31. The number of ether oxygens (including phenoxy) is 1. The molecule has 2 heterocycles. The van der Waals surface area contributed by atoms with E-state index in [4.69, 9.17) is 10.8 Å². The van der Waals surface area contributed by atoms with Gasteiger partial charge in [-0.3, -0.25) is 9.78 Å². The van der Waals surface area contributed by atoms with E-state index in [1.807, 2.05) is 0 Å². The highest BCUT2D eigenvalue weighted by Crippen LogP contribution is 2.18. The lowest BCUT2D eigenvalue weighted by Gasteiger charge is -2.20. The van der Waals surface area contributed by atoms with E-state index < -0.39 is 18.0 Å². The molecule has 0 amide bonds. The molecule has 0 radical (unpaired) electrons. The molecule has 0 saturated carbocycles. The minimum atomic E-state index is -2.14. The lowest BCUT2D eigenvalue weighted by molar-refractivity contribution is -0.156. The highest BCUT2D eigenvalue weighted by atomic mass is 19.2. The number of methoxy groups -OCH3 is 1. The van der Waals surface area contributed by atoms with E-state index in [-0.39, 0.29) is 30.1 Å². The largest absolute Gasteiger partial charge is 0.390 e. The van der Waals surface area contributed by atoms with Gasteiger partial charge in [0.2, 0.25) is 11.8 Å². The zero-order chi connectivity index (χ0) is 14.0. The van der Waals surface area contributed by atoms with Gasteiger partial charge in [0.1, 0.15) is 6.61 Å². The predicted octanol–water partition coefficient (Wildman–Crippen LogP) is -0.604. The number of hydrogen-bond acceptors (Lipinski definition) is 6. The maximum absolute atomic E-state index is 13.8. The number of aliphatic hydroxyl groups is 1. The van der Waals surface area contributed by atoms with Gasteiger partial charge < -0.3 is 20.1 Å². The summed E-state index contributed by atoms with van der Waals surface area (Å²) in [5.74, 6) is -2.18. The number of nitrogen functional groups attached to an aromatic ring is 1. The van der Waals surface area contributed by atoms with Crippen LogP contribution in [0, 0.1) is 0 Å². The Balaban J connectivity index is 2.29. The van der Waals surface area contributed by atoms with Crippen molar-refractivity contribution < 1.29 is 14.2 Å². The number of aryl methyl sites for hydroxylation is 1. The highest BCUT2D eigenvalue weighted by molar-refractivity contribution is 5.70. The summed E-state index contributed by atoms with van der Waals surface area (Å²) in [7, 11) is 1.17. The first-order valence-corrected chi connectivity index (χ1v) is 5.54. The summed E-state index contributed by atoms with van der Waals surface area (Å²) in [6.07, 6.45) is 1.25. The summed E-state index contributed by atoms with van der Waals surface area (Å²) in [6, 6.07) is 0. The summed E-state index contributed by atoms with van der Waals surface area (Å²) >= 11 is 0. The maximum atomic E-state index is 13.8. The van der Waals surface area contributed by atoms with Gasteiger partial charge in [-0.2, -0.15) is 4.98 Å². The van der Waals surface area contributed by atoms with Crippen LogP contribution >= 0.6 is 0 Å². The number of nitrogens with zero attached hydrogens (tertiary/aromatic N) is 3. The molecule has 2 aromatic heterocycles. The SMILES string of the molecule is CO[C@](F)(CO)CCn1cnc2c(=O)[nH]c(N)nc21. The number of aromatic amines is 1. The van der Waals surface area contributed by atoms with E-state index in [0.29, 0.717) is 0 Å². The topological polar surface area (TPSA) is 119 Å². The smallest absolute Gasteiger partial charge is 0.280 e. The van der Waals surface area contributed by atoms with Crippen molar-refractivity contribution in [3.05, 3.63) is 16.7 Å². The highest BCUT2D eigenvalue weighted by Gasteiger charge is 2.28. The molecule has 0 bridgehead atoms. The summed E-state index contributed by atoms with van der Waals surface area (Å²) in [4.78, 5) is 21.7. The van der Waals surface area contributed by atoms with Gasteiger partial charge in [-0.25, -0.2) is 9.37 Å². The van der Waals surface area contributed by atoms with E-state index in [2.05, 4.69) is 19.7 Å². The number of hydrogen-bond donors (Lipinski definition) is 3. The van der Waals surface area contributed by atoms with Gasteiger partial charge in [0.05, 0.1) is 6.33 Å². The molecule has 2 rings (SSSR count). The van der Waals surface area contributed by atoms with Crippen molar-refractivity contribution >= 4 is 17.1 Å². The number of H-pyrrole nitrogens is 1. The molecule has 9 heteroatoms. The predicted molar refractivity (Wildman–Crippen MR) is 65.1 cm³/mol. The molecule has 0 aliphatic carbocycles. The monoisotopic (exact) mass is 271 g/mol. The Hall–Kier alpha value is -2.00. The van der Waals surface area contributed by atoms with Crippen LogP contribution in [0.1, 0.15) is 6.42 Å². The van der Waals surface area contributed by atoms with Crippen LogP contribution in [0.15, 0.2) is 11.1 Å². The zero-order valence-electron chi connectivity index (χ0n) is 10.3. The number of aromatic nitrogens is 4. The Kier molecular flexibility index (Phi) is 3.49. The lowest BCUT2D eigenvalue weighted by atomic mass is 10.2. The normalized spacial score (nSPS) is 14.7. The van der Waals surface area contributed by atoms with Crippen LogP contribution in [0.3, 0.4) is 0 Å². The number of rotatable bonds is 5. The van der Waals surface area contributed by atoms with Crippen molar-refractivity contribution in [2.75, 3.05) is 19.5 Å². The van der Waals surface area contributed by atoms with Crippen LogP contribution in [-0.2, 0) is 11.3 Å². The third kappa shape index (κ3) is 2.56. The standard InChI is InChI=1S/C10H14FN5O3/c1-19-10(11,4-17)2-3-16-5-13-6-7(16)14-9(12)15-8(6)18/h5,17H,2-4H2,1H3,(H3,12,14,15,18)/t10-/m0/s1. The summed E-state index contributed by atoms with van der Waals surface area (Å²) in [5, 5.41) is 8.90. The molecule has 0 aliphatic rings. The number of anilines is 1. The average molecular weight is 271 g/mol. The Morgan fingerprint density at radius 1 is 1.68 bits per heavy atom. The molecule has 0 aromatic carbocycles. The molecule has 4 N–H and O–H groups in total. The fourth-order valence-corrected chi connectivity index (χ4v) is 1.67. The van der Waals surface area contributed by atoms with Gasteiger partial charge in [-0.05, 0) is 0 Å². The number of imidazole rings is 1.